The van der Waals surface area contributed by atoms with Crippen molar-refractivity contribution in [1.82, 2.24) is 4.90 Å². The molecule has 1 aliphatic rings. The van der Waals surface area contributed by atoms with Crippen LogP contribution in [0.4, 0.5) is 5.69 Å². The molecule has 2 rings (SSSR count). The molecule has 0 unspecified atom stereocenters. The molecule has 0 spiro atoms. The highest BCUT2D eigenvalue weighted by molar-refractivity contribution is 5.93. The van der Waals surface area contributed by atoms with Gasteiger partial charge in [-0.3, -0.25) is 4.90 Å². The summed E-state index contributed by atoms with van der Waals surface area (Å²) < 4.78 is 2.37. The number of para-hydroxylation sites is 1. The maximum absolute atomic E-state index is 9.11. The monoisotopic (exact) mass is 291 g/mol. The number of aliphatic hydroxyl groups is 2. The van der Waals surface area contributed by atoms with Gasteiger partial charge >= 0.3 is 0 Å². The van der Waals surface area contributed by atoms with Crippen molar-refractivity contribution in [2.45, 2.75) is 26.2 Å². The first-order valence-electron chi connectivity index (χ1n) is 7.67. The molecule has 0 radical (unpaired) electrons. The van der Waals surface area contributed by atoms with Crippen LogP contribution < -0.4 is 0 Å². The van der Waals surface area contributed by atoms with Gasteiger partial charge in [-0.15, -0.1) is 0 Å². The molecule has 1 aromatic carbocycles. The van der Waals surface area contributed by atoms with Crippen molar-refractivity contribution < 1.29 is 14.8 Å². The van der Waals surface area contributed by atoms with Gasteiger partial charge in [-0.1, -0.05) is 18.2 Å². The van der Waals surface area contributed by atoms with E-state index in [0.717, 1.165) is 13.1 Å². The molecule has 0 aromatic heterocycles. The molecule has 1 aliphatic heterocycles. The van der Waals surface area contributed by atoms with Crippen molar-refractivity contribution in [1.29, 1.82) is 0 Å². The van der Waals surface area contributed by atoms with E-state index in [4.69, 9.17) is 10.2 Å². The summed E-state index contributed by atoms with van der Waals surface area (Å²) in [5.41, 5.74) is 4.08. The van der Waals surface area contributed by atoms with Crippen molar-refractivity contribution in [2.24, 2.45) is 0 Å². The van der Waals surface area contributed by atoms with E-state index in [1.165, 1.54) is 17.0 Å². The van der Waals surface area contributed by atoms with E-state index in [2.05, 4.69) is 54.5 Å². The van der Waals surface area contributed by atoms with Crippen molar-refractivity contribution in [3.8, 4) is 0 Å². The average Bonchev–Trinajstić information content (AvgIpc) is 2.66. The predicted octanol–water partition coefficient (Wildman–Crippen LogP) is 1.37. The molecule has 1 aromatic rings. The van der Waals surface area contributed by atoms with Crippen molar-refractivity contribution in [3.63, 3.8) is 0 Å². The molecule has 0 amide bonds. The fourth-order valence-corrected chi connectivity index (χ4v) is 3.10. The quantitative estimate of drug-likeness (QED) is 0.746. The van der Waals surface area contributed by atoms with E-state index in [-0.39, 0.29) is 18.6 Å². The third-order valence-corrected chi connectivity index (χ3v) is 4.65. The van der Waals surface area contributed by atoms with E-state index in [9.17, 15) is 0 Å². The van der Waals surface area contributed by atoms with Crippen molar-refractivity contribution in [2.75, 3.05) is 39.4 Å². The van der Waals surface area contributed by atoms with E-state index >= 15 is 0 Å². The maximum atomic E-state index is 9.11. The van der Waals surface area contributed by atoms with Gasteiger partial charge in [0.15, 0.2) is 12.3 Å². The van der Waals surface area contributed by atoms with Crippen LogP contribution in [0.25, 0.3) is 0 Å². The Bertz CT molecular complexity index is 517. The zero-order valence-electron chi connectivity index (χ0n) is 13.3. The van der Waals surface area contributed by atoms with E-state index in [0.29, 0.717) is 13.1 Å². The molecule has 0 saturated carbocycles. The molecule has 0 bridgehead atoms. The van der Waals surface area contributed by atoms with E-state index in [1.807, 2.05) is 0 Å². The topological polar surface area (TPSA) is 46.7 Å². The highest BCUT2D eigenvalue weighted by Gasteiger charge is 2.42. The Kier molecular flexibility index (Phi) is 5.14. The van der Waals surface area contributed by atoms with Gasteiger partial charge in [0.05, 0.1) is 25.2 Å². The summed E-state index contributed by atoms with van der Waals surface area (Å²) in [5, 5.41) is 18.2. The molecule has 4 nitrogen and oxygen atoms in total. The van der Waals surface area contributed by atoms with Gasteiger partial charge in [0, 0.05) is 31.6 Å². The minimum absolute atomic E-state index is 0.0649. The number of aliphatic hydroxyl groups excluding tert-OH is 2. The van der Waals surface area contributed by atoms with Gasteiger partial charge in [0.1, 0.15) is 0 Å². The average molecular weight is 291 g/mol. The summed E-state index contributed by atoms with van der Waals surface area (Å²) in [6.45, 7) is 9.92. The lowest BCUT2D eigenvalue weighted by molar-refractivity contribution is -0.439. The number of benzene rings is 1. The lowest BCUT2D eigenvalue weighted by atomic mass is 9.82. The second kappa shape index (κ2) is 6.69. The maximum Gasteiger partial charge on any atom is 0.209 e. The Labute approximate surface area is 127 Å². The fourth-order valence-electron chi connectivity index (χ4n) is 3.10. The molecule has 0 atom stereocenters. The first-order valence-corrected chi connectivity index (χ1v) is 7.67. The Hall–Kier alpha value is -1.23. The highest BCUT2D eigenvalue weighted by atomic mass is 16.3. The molecule has 1 heterocycles. The second-order valence-corrected chi connectivity index (χ2v) is 6.17. The second-order valence-electron chi connectivity index (χ2n) is 6.17. The number of nitrogens with zero attached hydrogens (tertiary/aromatic N) is 2. The molecule has 116 valence electrons. The van der Waals surface area contributed by atoms with Crippen LogP contribution in [0.5, 0.6) is 0 Å². The van der Waals surface area contributed by atoms with Gasteiger partial charge in [0.25, 0.3) is 0 Å². The highest BCUT2D eigenvalue weighted by Crippen LogP contribution is 2.38. The number of hydrogen-bond acceptors (Lipinski definition) is 3. The minimum atomic E-state index is 0.0649. The zero-order chi connectivity index (χ0) is 15.5. The minimum Gasteiger partial charge on any atom is -0.395 e. The number of rotatable bonds is 7. The van der Waals surface area contributed by atoms with E-state index in [1.54, 1.807) is 0 Å². The lowest BCUT2D eigenvalue weighted by Crippen LogP contribution is -2.35. The largest absolute Gasteiger partial charge is 0.395 e. The van der Waals surface area contributed by atoms with Crippen LogP contribution in [-0.2, 0) is 5.41 Å². The molecule has 2 N–H and O–H groups in total. The summed E-state index contributed by atoms with van der Waals surface area (Å²) >= 11 is 0. The normalized spacial score (nSPS) is 16.7. The van der Waals surface area contributed by atoms with Crippen LogP contribution in [0.3, 0.4) is 0 Å². The van der Waals surface area contributed by atoms with E-state index < -0.39 is 0 Å². The summed E-state index contributed by atoms with van der Waals surface area (Å²) in [6.07, 6.45) is 0. The van der Waals surface area contributed by atoms with Gasteiger partial charge in [-0.25, -0.2) is 0 Å². The summed E-state index contributed by atoms with van der Waals surface area (Å²) in [6, 6.07) is 8.56. The lowest BCUT2D eigenvalue weighted by Gasteiger charge is -2.19. The Morgan fingerprint density at radius 3 is 2.29 bits per heavy atom. The van der Waals surface area contributed by atoms with Gasteiger partial charge in [-0.2, -0.15) is 4.58 Å². The molecular formula is C17H27N2O2+. The summed E-state index contributed by atoms with van der Waals surface area (Å²) in [4.78, 5) is 2.10. The third-order valence-electron chi connectivity index (χ3n) is 4.65. The zero-order valence-corrected chi connectivity index (χ0v) is 13.3. The van der Waals surface area contributed by atoms with Crippen molar-refractivity contribution in [3.05, 3.63) is 29.8 Å². The first-order chi connectivity index (χ1) is 10.0. The standard InChI is InChI=1S/C17H27N2O2/c1-14-17(2,3)15-6-4-5-7-16(15)19(14)9-8-18(10-12-20)11-13-21/h4-7,20-21H,8-13H2,1-3H3/q+1. The molecule has 0 fully saturated rings. The molecule has 0 saturated heterocycles. The van der Waals surface area contributed by atoms with Crippen LogP contribution in [0.15, 0.2) is 24.3 Å². The first kappa shape index (κ1) is 16.1. The fraction of sp³-hybridized carbons (Fsp3) is 0.588. The van der Waals surface area contributed by atoms with Crippen LogP contribution in [0, 0.1) is 0 Å². The molecular weight excluding hydrogens is 264 g/mol. The van der Waals surface area contributed by atoms with Gasteiger partial charge in [-0.05, 0) is 13.8 Å². The number of hydrogen-bond donors (Lipinski definition) is 2. The van der Waals surface area contributed by atoms with Crippen LogP contribution in [-0.4, -0.2) is 64.8 Å². The van der Waals surface area contributed by atoms with Crippen molar-refractivity contribution >= 4 is 11.4 Å². The van der Waals surface area contributed by atoms with Crippen LogP contribution in [0.1, 0.15) is 26.3 Å². The third kappa shape index (κ3) is 3.18. The Balaban J connectivity index is 2.17. The van der Waals surface area contributed by atoms with Gasteiger partial charge in [0.2, 0.25) is 5.69 Å². The molecule has 4 heteroatoms. The smallest absolute Gasteiger partial charge is 0.209 e. The predicted molar refractivity (Wildman–Crippen MR) is 85.5 cm³/mol. The van der Waals surface area contributed by atoms with Gasteiger partial charge < -0.3 is 10.2 Å². The summed E-state index contributed by atoms with van der Waals surface area (Å²) in [5.74, 6) is 0. The van der Waals surface area contributed by atoms with Crippen LogP contribution >= 0.6 is 0 Å². The molecule has 21 heavy (non-hydrogen) atoms. The number of fused-ring (bicyclic) bond motifs is 1. The Morgan fingerprint density at radius 2 is 1.67 bits per heavy atom. The summed E-state index contributed by atoms with van der Waals surface area (Å²) in [7, 11) is 0. The SMILES string of the molecule is CC1=[N+](CCN(CCO)CCO)c2ccccc2C1(C)C. The Morgan fingerprint density at radius 1 is 1.05 bits per heavy atom. The van der Waals surface area contributed by atoms with Crippen LogP contribution in [0.2, 0.25) is 0 Å². The molecule has 0 aliphatic carbocycles.